The van der Waals surface area contributed by atoms with E-state index >= 15 is 0 Å². The van der Waals surface area contributed by atoms with E-state index in [0.29, 0.717) is 49.2 Å². The van der Waals surface area contributed by atoms with E-state index in [1.165, 1.54) is 0 Å². The van der Waals surface area contributed by atoms with Crippen LogP contribution in [0.4, 0.5) is 17.1 Å². The van der Waals surface area contributed by atoms with Gasteiger partial charge in [0.15, 0.2) is 6.29 Å². The van der Waals surface area contributed by atoms with Crippen molar-refractivity contribution in [3.8, 4) is 0 Å². The molecule has 10 heteroatoms. The van der Waals surface area contributed by atoms with E-state index in [1.807, 2.05) is 60.7 Å². The zero-order chi connectivity index (χ0) is 31.4. The lowest BCUT2D eigenvalue weighted by molar-refractivity contribution is -0.253. The molecule has 240 valence electrons. The Hall–Kier alpha value is -3.80. The Morgan fingerprint density at radius 3 is 2.31 bits per heavy atom. The topological polar surface area (TPSA) is 135 Å². The number of ether oxygens (including phenoxy) is 3. The molecule has 0 aliphatic carbocycles. The monoisotopic (exact) mass is 616 g/mol. The highest BCUT2D eigenvalue weighted by atomic mass is 16.7. The molecular formula is C35H44N4O6. The van der Waals surface area contributed by atoms with Crippen molar-refractivity contribution in [2.75, 3.05) is 49.2 Å². The van der Waals surface area contributed by atoms with Crippen LogP contribution in [0, 0.1) is 0 Å². The SMILES string of the molecule is Nc1ccccc1NC(=O)CCCCCC(=O)Nc1cccc([C@H]2O[C@@H](CN3CCOCC3)C[C@@H](c3ccc(CO)cc3)O2)c1. The molecule has 2 fully saturated rings. The Bertz CT molecular complexity index is 1390. The predicted octanol–water partition coefficient (Wildman–Crippen LogP) is 5.17. The Kier molecular flexibility index (Phi) is 11.9. The molecule has 3 aromatic rings. The lowest BCUT2D eigenvalue weighted by Crippen LogP contribution is -2.44. The summed E-state index contributed by atoms with van der Waals surface area (Å²) in [6.07, 6.45) is 2.77. The average Bonchev–Trinajstić information content (AvgIpc) is 3.06. The summed E-state index contributed by atoms with van der Waals surface area (Å²) >= 11 is 0. The maximum atomic E-state index is 12.7. The molecule has 2 aliphatic heterocycles. The van der Waals surface area contributed by atoms with Gasteiger partial charge in [-0.05, 0) is 48.2 Å². The number of hydrogen-bond donors (Lipinski definition) is 4. The first kappa shape index (κ1) is 32.6. The number of rotatable bonds is 13. The number of anilines is 3. The van der Waals surface area contributed by atoms with Crippen LogP contribution in [0.5, 0.6) is 0 Å². The van der Waals surface area contributed by atoms with Gasteiger partial charge in [0, 0.05) is 50.1 Å². The van der Waals surface area contributed by atoms with Crippen LogP contribution >= 0.6 is 0 Å². The van der Waals surface area contributed by atoms with E-state index in [-0.39, 0.29) is 30.6 Å². The maximum Gasteiger partial charge on any atom is 0.224 e. The molecule has 0 spiro atoms. The summed E-state index contributed by atoms with van der Waals surface area (Å²) in [4.78, 5) is 27.3. The van der Waals surface area contributed by atoms with E-state index in [1.54, 1.807) is 12.1 Å². The predicted molar refractivity (Wildman–Crippen MR) is 173 cm³/mol. The van der Waals surface area contributed by atoms with Gasteiger partial charge in [-0.25, -0.2) is 0 Å². The minimum Gasteiger partial charge on any atom is -0.397 e. The largest absolute Gasteiger partial charge is 0.397 e. The third-order valence-electron chi connectivity index (χ3n) is 8.17. The molecule has 3 atom stereocenters. The van der Waals surface area contributed by atoms with Crippen LogP contribution in [-0.2, 0) is 30.4 Å². The lowest BCUT2D eigenvalue weighted by Gasteiger charge is -2.39. The number of unbranched alkanes of at least 4 members (excludes halogenated alkanes) is 2. The van der Waals surface area contributed by atoms with Crippen LogP contribution in [0.2, 0.25) is 0 Å². The van der Waals surface area contributed by atoms with E-state index in [4.69, 9.17) is 19.9 Å². The van der Waals surface area contributed by atoms with Crippen molar-refractivity contribution in [2.24, 2.45) is 0 Å². The molecule has 0 unspecified atom stereocenters. The fourth-order valence-corrected chi connectivity index (χ4v) is 5.66. The van der Waals surface area contributed by atoms with Gasteiger partial charge in [-0.15, -0.1) is 0 Å². The van der Waals surface area contributed by atoms with Gasteiger partial charge in [0.2, 0.25) is 11.8 Å². The first-order chi connectivity index (χ1) is 22.0. The van der Waals surface area contributed by atoms with Crippen molar-refractivity contribution in [1.82, 2.24) is 4.90 Å². The van der Waals surface area contributed by atoms with Crippen LogP contribution < -0.4 is 16.4 Å². The number of nitrogen functional groups attached to an aromatic ring is 1. The number of aliphatic hydroxyl groups excluding tert-OH is 1. The van der Waals surface area contributed by atoms with Crippen LogP contribution in [0.15, 0.2) is 72.8 Å². The molecule has 2 amide bonds. The van der Waals surface area contributed by atoms with E-state index in [9.17, 15) is 14.7 Å². The fourth-order valence-electron chi connectivity index (χ4n) is 5.66. The van der Waals surface area contributed by atoms with Gasteiger partial charge in [0.05, 0.1) is 43.4 Å². The molecule has 0 saturated carbocycles. The number of aliphatic hydroxyl groups is 1. The Balaban J connectivity index is 1.13. The molecule has 2 heterocycles. The third kappa shape index (κ3) is 9.84. The summed E-state index contributed by atoms with van der Waals surface area (Å²) in [7, 11) is 0. The molecule has 45 heavy (non-hydrogen) atoms. The fraction of sp³-hybridized carbons (Fsp3) is 0.429. The van der Waals surface area contributed by atoms with Gasteiger partial charge >= 0.3 is 0 Å². The highest BCUT2D eigenvalue weighted by molar-refractivity contribution is 5.93. The number of nitrogens with two attached hydrogens (primary N) is 1. The molecule has 0 radical (unpaired) electrons. The second kappa shape index (κ2) is 16.5. The molecule has 2 saturated heterocycles. The minimum absolute atomic E-state index is 0.00243. The molecule has 5 N–H and O–H groups in total. The van der Waals surface area contributed by atoms with E-state index in [0.717, 1.165) is 56.0 Å². The van der Waals surface area contributed by atoms with Gasteiger partial charge in [-0.3, -0.25) is 14.5 Å². The Labute approximate surface area is 264 Å². The second-order valence-electron chi connectivity index (χ2n) is 11.6. The van der Waals surface area contributed by atoms with Crippen molar-refractivity contribution < 1.29 is 28.9 Å². The van der Waals surface area contributed by atoms with Crippen molar-refractivity contribution in [2.45, 2.75) is 63.6 Å². The van der Waals surface area contributed by atoms with Crippen molar-refractivity contribution in [1.29, 1.82) is 0 Å². The highest BCUT2D eigenvalue weighted by Gasteiger charge is 2.33. The van der Waals surface area contributed by atoms with Crippen LogP contribution in [0.25, 0.3) is 0 Å². The molecule has 5 rings (SSSR count). The van der Waals surface area contributed by atoms with E-state index < -0.39 is 6.29 Å². The number of benzene rings is 3. The zero-order valence-electron chi connectivity index (χ0n) is 25.7. The van der Waals surface area contributed by atoms with Crippen LogP contribution in [0.3, 0.4) is 0 Å². The lowest BCUT2D eigenvalue weighted by atomic mass is 9.99. The summed E-state index contributed by atoms with van der Waals surface area (Å²) in [6.45, 7) is 3.97. The summed E-state index contributed by atoms with van der Waals surface area (Å²) in [6, 6.07) is 22.7. The first-order valence-electron chi connectivity index (χ1n) is 15.8. The Morgan fingerprint density at radius 1 is 0.844 bits per heavy atom. The molecule has 0 aromatic heterocycles. The summed E-state index contributed by atoms with van der Waals surface area (Å²) < 4.78 is 18.5. The van der Waals surface area contributed by atoms with Crippen molar-refractivity contribution in [3.05, 3.63) is 89.5 Å². The third-order valence-corrected chi connectivity index (χ3v) is 8.17. The van der Waals surface area contributed by atoms with Gasteiger partial charge < -0.3 is 35.7 Å². The summed E-state index contributed by atoms with van der Waals surface area (Å²) in [5.74, 6) is -0.163. The Morgan fingerprint density at radius 2 is 1.58 bits per heavy atom. The van der Waals surface area contributed by atoms with Gasteiger partial charge in [-0.2, -0.15) is 0 Å². The van der Waals surface area contributed by atoms with Gasteiger partial charge in [0.25, 0.3) is 0 Å². The molecular weight excluding hydrogens is 572 g/mol. The number of carbonyl (C=O) groups is 2. The molecule has 0 bridgehead atoms. The highest BCUT2D eigenvalue weighted by Crippen LogP contribution is 2.38. The summed E-state index contributed by atoms with van der Waals surface area (Å²) in [5.41, 5.74) is 10.5. The smallest absolute Gasteiger partial charge is 0.224 e. The molecule has 2 aliphatic rings. The average molecular weight is 617 g/mol. The zero-order valence-corrected chi connectivity index (χ0v) is 25.7. The van der Waals surface area contributed by atoms with Crippen LogP contribution in [0.1, 0.15) is 67.6 Å². The second-order valence-corrected chi connectivity index (χ2v) is 11.6. The first-order valence-corrected chi connectivity index (χ1v) is 15.8. The van der Waals surface area contributed by atoms with E-state index in [2.05, 4.69) is 15.5 Å². The number of para-hydroxylation sites is 2. The minimum atomic E-state index is -0.596. The number of morpholine rings is 1. The quantitative estimate of drug-likeness (QED) is 0.153. The van der Waals surface area contributed by atoms with Crippen LogP contribution in [-0.4, -0.2) is 60.8 Å². The maximum absolute atomic E-state index is 12.7. The standard InChI is InChI=1S/C35H44N4O6/c36-30-9-4-5-10-31(30)38-34(42)12-3-1-2-11-33(41)37-28-8-6-7-27(21-28)35-44-29(23-39-17-19-43-20-18-39)22-32(45-35)26-15-13-25(24-40)14-16-26/h4-10,13-16,21,29,32,35,40H,1-3,11-12,17-20,22-24,36H2,(H,37,41)(H,38,42)/t29-,32+,35+/m1/s1. The number of amides is 2. The van der Waals surface area contributed by atoms with Crippen molar-refractivity contribution >= 4 is 28.9 Å². The van der Waals surface area contributed by atoms with Gasteiger partial charge in [-0.1, -0.05) is 55.0 Å². The van der Waals surface area contributed by atoms with Gasteiger partial charge in [0.1, 0.15) is 0 Å². The normalized spacial score (nSPS) is 20.4. The molecule has 3 aromatic carbocycles. The summed E-state index contributed by atoms with van der Waals surface area (Å²) in [5, 5.41) is 15.3. The number of nitrogens with zero attached hydrogens (tertiary/aromatic N) is 1. The number of hydrogen-bond acceptors (Lipinski definition) is 8. The number of carbonyl (C=O) groups excluding carboxylic acids is 2. The van der Waals surface area contributed by atoms with Crippen molar-refractivity contribution in [3.63, 3.8) is 0 Å². The number of nitrogens with one attached hydrogen (secondary N) is 2. The molecule has 10 nitrogen and oxygen atoms in total.